The number of hydrogen-bond donors (Lipinski definition) is 1. The van der Waals surface area contributed by atoms with E-state index in [4.69, 9.17) is 5.73 Å². The number of amides is 1. The molecule has 18 heavy (non-hydrogen) atoms. The molecule has 2 N–H and O–H groups in total. The Bertz CT molecular complexity index is 404. The number of carbonyl (C=O) groups excluding carboxylic acids is 1. The molecule has 0 heterocycles. The summed E-state index contributed by atoms with van der Waals surface area (Å²) in [5.74, 6) is 0.127. The first kappa shape index (κ1) is 14.5. The van der Waals surface area contributed by atoms with Crippen molar-refractivity contribution < 1.29 is 4.79 Å². The first-order valence-electron chi connectivity index (χ1n) is 6.19. The summed E-state index contributed by atoms with van der Waals surface area (Å²) in [6, 6.07) is 7.97. The van der Waals surface area contributed by atoms with Crippen LogP contribution in [0.1, 0.15) is 19.4 Å². The summed E-state index contributed by atoms with van der Waals surface area (Å²) in [4.78, 5) is 15.7. The Labute approximate surface area is 109 Å². The number of benzene rings is 1. The summed E-state index contributed by atoms with van der Waals surface area (Å²) in [5, 5.41) is 0. The molecule has 1 rings (SSSR count). The zero-order valence-corrected chi connectivity index (χ0v) is 11.7. The lowest BCUT2D eigenvalue weighted by Gasteiger charge is -2.25. The Hall–Kier alpha value is -1.55. The fourth-order valence-electron chi connectivity index (χ4n) is 1.66. The van der Waals surface area contributed by atoms with Crippen LogP contribution in [0.15, 0.2) is 24.3 Å². The Balaban J connectivity index is 2.55. The highest BCUT2D eigenvalue weighted by Gasteiger charge is 2.14. The Morgan fingerprint density at radius 3 is 2.44 bits per heavy atom. The molecule has 0 saturated carbocycles. The first-order chi connectivity index (χ1) is 8.41. The van der Waals surface area contributed by atoms with Crippen molar-refractivity contribution in [3.8, 4) is 0 Å². The third kappa shape index (κ3) is 4.04. The lowest BCUT2D eigenvalue weighted by molar-refractivity contribution is -0.132. The highest BCUT2D eigenvalue weighted by Crippen LogP contribution is 2.12. The van der Waals surface area contributed by atoms with Crippen LogP contribution in [0, 0.1) is 0 Å². The van der Waals surface area contributed by atoms with Crippen molar-refractivity contribution >= 4 is 11.6 Å². The number of hydrogen-bond acceptors (Lipinski definition) is 3. The van der Waals surface area contributed by atoms with Crippen LogP contribution in [0.4, 0.5) is 5.69 Å². The highest BCUT2D eigenvalue weighted by molar-refractivity contribution is 5.78. The standard InChI is InChI=1S/C14H23N3O/c1-11(2)17(4)14(18)10-16(3)9-12-7-5-6-8-13(12)15/h5-8,11H,9-10,15H2,1-4H3. The van der Waals surface area contributed by atoms with E-state index in [0.717, 1.165) is 11.3 Å². The smallest absolute Gasteiger partial charge is 0.236 e. The van der Waals surface area contributed by atoms with Gasteiger partial charge in [-0.3, -0.25) is 9.69 Å². The largest absolute Gasteiger partial charge is 0.398 e. The predicted octanol–water partition coefficient (Wildman–Crippen LogP) is 1.57. The second-order valence-corrected chi connectivity index (χ2v) is 4.97. The van der Waals surface area contributed by atoms with Gasteiger partial charge in [-0.1, -0.05) is 18.2 Å². The number of carbonyl (C=O) groups is 1. The SMILES string of the molecule is CC(C)N(C)C(=O)CN(C)Cc1ccccc1N. The molecule has 0 bridgehead atoms. The summed E-state index contributed by atoms with van der Waals surface area (Å²) in [6.07, 6.45) is 0. The maximum Gasteiger partial charge on any atom is 0.236 e. The minimum Gasteiger partial charge on any atom is -0.398 e. The molecule has 0 atom stereocenters. The van der Waals surface area contributed by atoms with Crippen molar-refractivity contribution in [3.63, 3.8) is 0 Å². The van der Waals surface area contributed by atoms with E-state index in [-0.39, 0.29) is 11.9 Å². The molecule has 0 fully saturated rings. The zero-order chi connectivity index (χ0) is 13.7. The minimum atomic E-state index is 0.127. The van der Waals surface area contributed by atoms with Gasteiger partial charge in [0.05, 0.1) is 6.54 Å². The van der Waals surface area contributed by atoms with Crippen molar-refractivity contribution in [3.05, 3.63) is 29.8 Å². The van der Waals surface area contributed by atoms with Crippen LogP contribution >= 0.6 is 0 Å². The number of rotatable bonds is 5. The van der Waals surface area contributed by atoms with Gasteiger partial charge in [0.25, 0.3) is 0 Å². The van der Waals surface area contributed by atoms with Crippen LogP contribution < -0.4 is 5.73 Å². The maximum atomic E-state index is 11.9. The van der Waals surface area contributed by atoms with Crippen molar-refractivity contribution in [1.82, 2.24) is 9.80 Å². The summed E-state index contributed by atoms with van der Waals surface area (Å²) in [7, 11) is 3.76. The second-order valence-electron chi connectivity index (χ2n) is 4.97. The molecule has 0 unspecified atom stereocenters. The van der Waals surface area contributed by atoms with Gasteiger partial charge in [-0.25, -0.2) is 0 Å². The van der Waals surface area contributed by atoms with E-state index < -0.39 is 0 Å². The van der Waals surface area contributed by atoms with Gasteiger partial charge in [0.15, 0.2) is 0 Å². The van der Waals surface area contributed by atoms with Crippen LogP contribution in [0.3, 0.4) is 0 Å². The number of likely N-dealkylation sites (N-methyl/N-ethyl adjacent to an activating group) is 2. The van der Waals surface area contributed by atoms with Crippen molar-refractivity contribution in [2.45, 2.75) is 26.4 Å². The van der Waals surface area contributed by atoms with E-state index in [1.165, 1.54) is 0 Å². The molecule has 0 aliphatic carbocycles. The van der Waals surface area contributed by atoms with Crippen molar-refractivity contribution in [2.75, 3.05) is 26.4 Å². The first-order valence-corrected chi connectivity index (χ1v) is 6.19. The summed E-state index contributed by atoms with van der Waals surface area (Å²) in [5.41, 5.74) is 7.71. The van der Waals surface area contributed by atoms with Gasteiger partial charge in [-0.05, 0) is 32.5 Å². The third-order valence-corrected chi connectivity index (χ3v) is 3.07. The highest BCUT2D eigenvalue weighted by atomic mass is 16.2. The van der Waals surface area contributed by atoms with Crippen LogP contribution in [-0.2, 0) is 11.3 Å². The zero-order valence-electron chi connectivity index (χ0n) is 11.7. The lowest BCUT2D eigenvalue weighted by Crippen LogP contribution is -2.40. The molecule has 4 nitrogen and oxygen atoms in total. The topological polar surface area (TPSA) is 49.6 Å². The van der Waals surface area contributed by atoms with E-state index in [0.29, 0.717) is 13.1 Å². The second kappa shape index (κ2) is 6.40. The molecule has 1 amide bonds. The molecular weight excluding hydrogens is 226 g/mol. The fourth-order valence-corrected chi connectivity index (χ4v) is 1.66. The molecule has 0 radical (unpaired) electrons. The van der Waals surface area contributed by atoms with Gasteiger partial charge in [0.2, 0.25) is 5.91 Å². The van der Waals surface area contributed by atoms with E-state index in [9.17, 15) is 4.79 Å². The number of para-hydroxylation sites is 1. The van der Waals surface area contributed by atoms with Gasteiger partial charge in [-0.15, -0.1) is 0 Å². The molecule has 100 valence electrons. The molecule has 0 aromatic heterocycles. The molecule has 0 spiro atoms. The lowest BCUT2D eigenvalue weighted by atomic mass is 10.1. The number of nitrogens with two attached hydrogens (primary N) is 1. The van der Waals surface area contributed by atoms with Crippen LogP contribution in [0.5, 0.6) is 0 Å². The van der Waals surface area contributed by atoms with Crippen molar-refractivity contribution in [1.29, 1.82) is 0 Å². The van der Waals surface area contributed by atoms with Crippen LogP contribution in [0.2, 0.25) is 0 Å². The molecule has 1 aromatic rings. The van der Waals surface area contributed by atoms with Gasteiger partial charge < -0.3 is 10.6 Å². The predicted molar refractivity (Wildman–Crippen MR) is 75.1 cm³/mol. The number of nitrogens with zero attached hydrogens (tertiary/aromatic N) is 2. The molecule has 0 aliphatic heterocycles. The van der Waals surface area contributed by atoms with Gasteiger partial charge in [0, 0.05) is 25.3 Å². The summed E-state index contributed by atoms with van der Waals surface area (Å²) >= 11 is 0. The molecule has 4 heteroatoms. The van der Waals surface area contributed by atoms with E-state index in [1.54, 1.807) is 4.90 Å². The Kier molecular flexibility index (Phi) is 5.16. The number of anilines is 1. The summed E-state index contributed by atoms with van der Waals surface area (Å²) in [6.45, 7) is 5.10. The van der Waals surface area contributed by atoms with E-state index in [1.807, 2.05) is 57.1 Å². The average molecular weight is 249 g/mol. The molecule has 0 aliphatic rings. The molecule has 0 saturated heterocycles. The fraction of sp³-hybridized carbons (Fsp3) is 0.500. The van der Waals surface area contributed by atoms with Crippen LogP contribution in [-0.4, -0.2) is 42.4 Å². The van der Waals surface area contributed by atoms with E-state index in [2.05, 4.69) is 0 Å². The summed E-state index contributed by atoms with van der Waals surface area (Å²) < 4.78 is 0. The quantitative estimate of drug-likeness (QED) is 0.806. The minimum absolute atomic E-state index is 0.127. The van der Waals surface area contributed by atoms with Crippen LogP contribution in [0.25, 0.3) is 0 Å². The molecule has 1 aromatic carbocycles. The third-order valence-electron chi connectivity index (χ3n) is 3.07. The average Bonchev–Trinajstić information content (AvgIpc) is 2.30. The van der Waals surface area contributed by atoms with Gasteiger partial charge in [-0.2, -0.15) is 0 Å². The Morgan fingerprint density at radius 1 is 1.28 bits per heavy atom. The maximum absolute atomic E-state index is 11.9. The normalized spacial score (nSPS) is 11.0. The van der Waals surface area contributed by atoms with Gasteiger partial charge in [0.1, 0.15) is 0 Å². The number of nitrogen functional groups attached to an aromatic ring is 1. The molecular formula is C14H23N3O. The van der Waals surface area contributed by atoms with Crippen molar-refractivity contribution in [2.24, 2.45) is 0 Å². The monoisotopic (exact) mass is 249 g/mol. The van der Waals surface area contributed by atoms with Gasteiger partial charge >= 0.3 is 0 Å². The Morgan fingerprint density at radius 2 is 1.89 bits per heavy atom. The van der Waals surface area contributed by atoms with E-state index >= 15 is 0 Å².